The van der Waals surface area contributed by atoms with Crippen LogP contribution in [0.1, 0.15) is 36.7 Å². The predicted octanol–water partition coefficient (Wildman–Crippen LogP) is 2.45. The number of rotatable bonds is 6. The van der Waals surface area contributed by atoms with Gasteiger partial charge in [0, 0.05) is 12.2 Å². The van der Waals surface area contributed by atoms with E-state index < -0.39 is 22.2 Å². The second kappa shape index (κ2) is 7.32. The SMILES string of the molecule is Cc1n[nH]c(C)c1S(=O)(=O)NCC1CN(c2ccc(C(C)C)cc2)C(=O)O1. The molecule has 1 fully saturated rings. The van der Waals surface area contributed by atoms with Crippen LogP contribution in [0.5, 0.6) is 0 Å². The lowest BCUT2D eigenvalue weighted by Crippen LogP contribution is -2.35. The van der Waals surface area contributed by atoms with Crippen LogP contribution in [0, 0.1) is 13.8 Å². The zero-order valence-electron chi connectivity index (χ0n) is 15.8. The molecule has 1 aromatic carbocycles. The number of benzene rings is 1. The van der Waals surface area contributed by atoms with Gasteiger partial charge in [-0.3, -0.25) is 10.00 Å². The molecule has 0 aliphatic carbocycles. The summed E-state index contributed by atoms with van der Waals surface area (Å²) in [4.78, 5) is 13.8. The molecule has 1 aromatic heterocycles. The first-order valence-corrected chi connectivity index (χ1v) is 10.3. The quantitative estimate of drug-likeness (QED) is 0.786. The van der Waals surface area contributed by atoms with E-state index in [0.29, 0.717) is 17.3 Å². The van der Waals surface area contributed by atoms with Crippen LogP contribution in [-0.4, -0.2) is 43.9 Å². The second-order valence-electron chi connectivity index (χ2n) is 6.98. The van der Waals surface area contributed by atoms with Crippen molar-refractivity contribution in [2.45, 2.75) is 44.6 Å². The Balaban J connectivity index is 1.66. The van der Waals surface area contributed by atoms with E-state index in [9.17, 15) is 13.2 Å². The Morgan fingerprint density at radius 3 is 2.52 bits per heavy atom. The smallest absolute Gasteiger partial charge is 0.414 e. The minimum absolute atomic E-state index is 0.00128. The summed E-state index contributed by atoms with van der Waals surface area (Å²) >= 11 is 0. The fourth-order valence-corrected chi connectivity index (χ4v) is 4.52. The molecule has 1 atom stereocenters. The van der Waals surface area contributed by atoms with Gasteiger partial charge in [0.2, 0.25) is 10.0 Å². The van der Waals surface area contributed by atoms with E-state index in [1.165, 1.54) is 10.5 Å². The van der Waals surface area contributed by atoms with Crippen molar-refractivity contribution >= 4 is 21.8 Å². The molecule has 2 aromatic rings. The molecule has 8 nitrogen and oxygen atoms in total. The molecule has 0 radical (unpaired) electrons. The third-order valence-corrected chi connectivity index (χ3v) is 6.26. The van der Waals surface area contributed by atoms with Crippen molar-refractivity contribution < 1.29 is 17.9 Å². The predicted molar refractivity (Wildman–Crippen MR) is 101 cm³/mol. The van der Waals surface area contributed by atoms with Crippen molar-refractivity contribution in [3.8, 4) is 0 Å². The van der Waals surface area contributed by atoms with E-state index in [1.807, 2.05) is 24.3 Å². The van der Waals surface area contributed by atoms with Crippen LogP contribution in [0.2, 0.25) is 0 Å². The van der Waals surface area contributed by atoms with E-state index in [0.717, 1.165) is 5.69 Å². The normalized spacial score (nSPS) is 17.6. The molecule has 0 saturated carbocycles. The second-order valence-corrected chi connectivity index (χ2v) is 8.68. The highest BCUT2D eigenvalue weighted by atomic mass is 32.2. The molecule has 1 saturated heterocycles. The number of nitrogens with one attached hydrogen (secondary N) is 2. The Hall–Kier alpha value is -2.39. The maximum absolute atomic E-state index is 12.5. The molecule has 0 bridgehead atoms. The topological polar surface area (TPSA) is 104 Å². The molecule has 0 spiro atoms. The number of carbonyl (C=O) groups excluding carboxylic acids is 1. The van der Waals surface area contributed by atoms with Crippen LogP contribution in [0.15, 0.2) is 29.2 Å². The van der Waals surface area contributed by atoms with Crippen LogP contribution in [0.3, 0.4) is 0 Å². The third-order valence-electron chi connectivity index (χ3n) is 4.58. The number of cyclic esters (lactones) is 1. The van der Waals surface area contributed by atoms with E-state index >= 15 is 0 Å². The van der Waals surface area contributed by atoms with Crippen LogP contribution in [0.4, 0.5) is 10.5 Å². The Morgan fingerprint density at radius 1 is 1.30 bits per heavy atom. The number of aromatic amines is 1. The molecular formula is C18H24N4O4S. The molecule has 3 rings (SSSR count). The fourth-order valence-electron chi connectivity index (χ4n) is 3.09. The van der Waals surface area contributed by atoms with Crippen LogP contribution in [0.25, 0.3) is 0 Å². The molecule has 2 N–H and O–H groups in total. The summed E-state index contributed by atoms with van der Waals surface area (Å²) in [5.41, 5.74) is 2.78. The van der Waals surface area contributed by atoms with E-state index in [4.69, 9.17) is 4.74 Å². The van der Waals surface area contributed by atoms with E-state index in [-0.39, 0.29) is 18.0 Å². The summed E-state index contributed by atoms with van der Waals surface area (Å²) in [5.74, 6) is 0.404. The Morgan fingerprint density at radius 2 is 1.96 bits per heavy atom. The number of sulfonamides is 1. The number of hydrogen-bond acceptors (Lipinski definition) is 5. The highest BCUT2D eigenvalue weighted by Gasteiger charge is 2.33. The number of amides is 1. The number of aromatic nitrogens is 2. The minimum atomic E-state index is -3.73. The lowest BCUT2D eigenvalue weighted by Gasteiger charge is -2.14. The molecule has 1 amide bonds. The first-order chi connectivity index (χ1) is 12.7. The Labute approximate surface area is 159 Å². The maximum atomic E-state index is 12.5. The van der Waals surface area contributed by atoms with Crippen LogP contribution in [-0.2, 0) is 14.8 Å². The number of nitrogens with zero attached hydrogens (tertiary/aromatic N) is 2. The summed E-state index contributed by atoms with van der Waals surface area (Å²) < 4.78 is 32.8. The van der Waals surface area contributed by atoms with Gasteiger partial charge < -0.3 is 4.74 Å². The minimum Gasteiger partial charge on any atom is -0.443 e. The summed E-state index contributed by atoms with van der Waals surface area (Å²) in [5, 5.41) is 6.56. The summed E-state index contributed by atoms with van der Waals surface area (Å²) in [6.45, 7) is 7.75. The van der Waals surface area contributed by atoms with Gasteiger partial charge in [-0.15, -0.1) is 0 Å². The van der Waals surface area contributed by atoms with Crippen molar-refractivity contribution in [1.82, 2.24) is 14.9 Å². The standard InChI is InChI=1S/C18H24N4O4S/c1-11(2)14-5-7-15(8-6-14)22-10-16(26-18(22)23)9-19-27(24,25)17-12(3)20-21-13(17)4/h5-8,11,16,19H,9-10H2,1-4H3,(H,20,21). The molecule has 1 unspecified atom stereocenters. The first kappa shape index (κ1) is 19.4. The van der Waals surface area contributed by atoms with Crippen molar-refractivity contribution in [3.63, 3.8) is 0 Å². The fraction of sp³-hybridized carbons (Fsp3) is 0.444. The zero-order valence-corrected chi connectivity index (χ0v) is 16.6. The number of H-pyrrole nitrogens is 1. The highest BCUT2D eigenvalue weighted by Crippen LogP contribution is 2.24. The van der Waals surface area contributed by atoms with Gasteiger partial charge in [0.25, 0.3) is 0 Å². The van der Waals surface area contributed by atoms with Crippen LogP contribution >= 0.6 is 0 Å². The number of hydrogen-bond donors (Lipinski definition) is 2. The monoisotopic (exact) mass is 392 g/mol. The van der Waals surface area contributed by atoms with Gasteiger partial charge in [0.15, 0.2) is 0 Å². The summed E-state index contributed by atoms with van der Waals surface area (Å²) in [6, 6.07) is 7.71. The maximum Gasteiger partial charge on any atom is 0.414 e. The summed E-state index contributed by atoms with van der Waals surface area (Å²) in [6.07, 6.45) is -1.04. The van der Waals surface area contributed by atoms with Gasteiger partial charge in [-0.1, -0.05) is 26.0 Å². The van der Waals surface area contributed by atoms with Gasteiger partial charge >= 0.3 is 6.09 Å². The van der Waals surface area contributed by atoms with Gasteiger partial charge in [-0.25, -0.2) is 17.9 Å². The van der Waals surface area contributed by atoms with E-state index in [1.54, 1.807) is 13.8 Å². The molecule has 27 heavy (non-hydrogen) atoms. The molecule has 146 valence electrons. The zero-order chi connectivity index (χ0) is 19.8. The van der Waals surface area contributed by atoms with Crippen LogP contribution < -0.4 is 9.62 Å². The van der Waals surface area contributed by atoms with Gasteiger partial charge in [-0.2, -0.15) is 5.10 Å². The molecule has 9 heteroatoms. The van der Waals surface area contributed by atoms with Gasteiger partial charge in [-0.05, 0) is 37.5 Å². The van der Waals surface area contributed by atoms with E-state index in [2.05, 4.69) is 28.8 Å². The van der Waals surface area contributed by atoms with Crippen molar-refractivity contribution in [3.05, 3.63) is 41.2 Å². The average Bonchev–Trinajstić information content (AvgIpc) is 3.15. The molecule has 2 heterocycles. The first-order valence-electron chi connectivity index (χ1n) is 8.78. The lowest BCUT2D eigenvalue weighted by molar-refractivity contribution is 0.143. The number of carbonyl (C=O) groups is 1. The van der Waals surface area contributed by atoms with Gasteiger partial charge in [0.05, 0.1) is 17.9 Å². The number of anilines is 1. The third kappa shape index (κ3) is 3.98. The lowest BCUT2D eigenvalue weighted by atomic mass is 10.0. The summed E-state index contributed by atoms with van der Waals surface area (Å²) in [7, 11) is -3.73. The Bertz CT molecular complexity index is 915. The molecule has 1 aliphatic heterocycles. The van der Waals surface area contributed by atoms with Gasteiger partial charge in [0.1, 0.15) is 11.0 Å². The number of aryl methyl sites for hydroxylation is 2. The van der Waals surface area contributed by atoms with Crippen molar-refractivity contribution in [1.29, 1.82) is 0 Å². The largest absolute Gasteiger partial charge is 0.443 e. The highest BCUT2D eigenvalue weighted by molar-refractivity contribution is 7.89. The van der Waals surface area contributed by atoms with Crippen molar-refractivity contribution in [2.24, 2.45) is 0 Å². The molecular weight excluding hydrogens is 368 g/mol. The van der Waals surface area contributed by atoms with Crippen molar-refractivity contribution in [2.75, 3.05) is 18.0 Å². The molecule has 1 aliphatic rings. The number of ether oxygens (including phenoxy) is 1. The Kier molecular flexibility index (Phi) is 5.25. The average molecular weight is 392 g/mol.